The number of fused-ring (bicyclic) bond motifs is 9. The molecule has 58 heavy (non-hydrogen) atoms. The highest BCUT2D eigenvalue weighted by Crippen LogP contribution is 2.58. The van der Waals surface area contributed by atoms with Gasteiger partial charge in [-0.1, -0.05) is 184 Å². The number of allylic oxidation sites excluding steroid dienone is 1. The number of hydrogen-bond donors (Lipinski definition) is 0. The summed E-state index contributed by atoms with van der Waals surface area (Å²) >= 11 is 0. The summed E-state index contributed by atoms with van der Waals surface area (Å²) in [4.78, 5) is 8.48. The van der Waals surface area contributed by atoms with Crippen molar-refractivity contribution in [1.29, 1.82) is 0 Å². The fourth-order valence-electron chi connectivity index (χ4n) is 10.9. The fourth-order valence-corrected chi connectivity index (χ4v) is 10.9. The van der Waals surface area contributed by atoms with Gasteiger partial charge in [0, 0.05) is 28.8 Å². The summed E-state index contributed by atoms with van der Waals surface area (Å²) < 4.78 is 2.48. The highest BCUT2D eigenvalue weighted by molar-refractivity contribution is 6.18. The molecule has 0 amide bonds. The lowest BCUT2D eigenvalue weighted by atomic mass is 9.67. The Morgan fingerprint density at radius 1 is 0.483 bits per heavy atom. The molecule has 2 aliphatic carbocycles. The number of hydrogen-bond acceptors (Lipinski definition) is 2. The Hall–Kier alpha value is -6.97. The number of likely N-dealkylation sites (N-methyl/N-ethyl adjacent to an activating group) is 1. The van der Waals surface area contributed by atoms with E-state index in [2.05, 4.69) is 218 Å². The highest BCUT2D eigenvalue weighted by Gasteiger charge is 2.48. The molecule has 12 rings (SSSR count). The van der Waals surface area contributed by atoms with Gasteiger partial charge in [0.05, 0.1) is 27.8 Å². The maximum absolute atomic E-state index is 5.95. The molecule has 3 aliphatic rings. The smallest absolute Gasteiger partial charge is 0.141 e. The molecule has 2 heterocycles. The predicted octanol–water partition coefficient (Wildman–Crippen LogP) is 12.9. The lowest BCUT2D eigenvalue weighted by Crippen LogP contribution is -2.38. The molecule has 0 spiro atoms. The van der Waals surface area contributed by atoms with Gasteiger partial charge in [-0.3, -0.25) is 4.57 Å². The molecule has 0 N–H and O–H groups in total. The van der Waals surface area contributed by atoms with Gasteiger partial charge in [0.2, 0.25) is 0 Å². The van der Waals surface area contributed by atoms with E-state index in [0.29, 0.717) is 0 Å². The minimum atomic E-state index is -0.507. The van der Waals surface area contributed by atoms with E-state index in [0.717, 1.165) is 11.5 Å². The Balaban J connectivity index is 1.18. The second-order valence-electron chi connectivity index (χ2n) is 16.8. The summed E-state index contributed by atoms with van der Waals surface area (Å²) in [7, 11) is 2.29. The van der Waals surface area contributed by atoms with Gasteiger partial charge in [-0.05, 0) is 73.5 Å². The molecule has 0 bridgehead atoms. The molecule has 1 aliphatic heterocycles. The number of rotatable bonds is 3. The van der Waals surface area contributed by atoms with E-state index in [4.69, 9.17) is 4.99 Å². The van der Waals surface area contributed by atoms with Crippen molar-refractivity contribution in [2.75, 3.05) is 7.05 Å². The lowest BCUT2D eigenvalue weighted by Gasteiger charge is -2.39. The van der Waals surface area contributed by atoms with Crippen LogP contribution in [0.2, 0.25) is 0 Å². The number of aliphatic imine (C=N–C) groups is 1. The fraction of sp³-hybridized carbons (Fsp3) is 0.109. The molecular formula is C55H41N3. The van der Waals surface area contributed by atoms with Crippen molar-refractivity contribution in [3.05, 3.63) is 233 Å². The van der Waals surface area contributed by atoms with Gasteiger partial charge < -0.3 is 4.90 Å². The van der Waals surface area contributed by atoms with Crippen LogP contribution in [-0.4, -0.2) is 22.4 Å². The lowest BCUT2D eigenvalue weighted by molar-refractivity contribution is 0.418. The summed E-state index contributed by atoms with van der Waals surface area (Å²) in [6, 6.07) is 69.6. The first-order valence-electron chi connectivity index (χ1n) is 20.4. The van der Waals surface area contributed by atoms with Crippen LogP contribution < -0.4 is 0 Å². The van der Waals surface area contributed by atoms with E-state index in [-0.39, 0.29) is 11.5 Å². The topological polar surface area (TPSA) is 20.5 Å². The molecule has 8 aromatic carbocycles. The Morgan fingerprint density at radius 2 is 1.07 bits per heavy atom. The number of nitrogens with zero attached hydrogens (tertiary/aromatic N) is 3. The van der Waals surface area contributed by atoms with Crippen molar-refractivity contribution in [3.63, 3.8) is 0 Å². The van der Waals surface area contributed by atoms with E-state index in [9.17, 15) is 0 Å². The third kappa shape index (κ3) is 4.31. The highest BCUT2D eigenvalue weighted by atomic mass is 15.3. The Bertz CT molecular complexity index is 3180. The van der Waals surface area contributed by atoms with Crippen molar-refractivity contribution in [2.24, 2.45) is 4.99 Å². The minimum Gasteiger partial charge on any atom is -0.358 e. The van der Waals surface area contributed by atoms with Crippen molar-refractivity contribution >= 4 is 44.1 Å². The van der Waals surface area contributed by atoms with E-state index >= 15 is 0 Å². The Labute approximate surface area is 338 Å². The van der Waals surface area contributed by atoms with E-state index < -0.39 is 5.41 Å². The van der Waals surface area contributed by atoms with Crippen molar-refractivity contribution in [2.45, 2.75) is 30.7 Å². The van der Waals surface area contributed by atoms with Gasteiger partial charge in [0.25, 0.3) is 0 Å². The average Bonchev–Trinajstić information content (AvgIpc) is 3.84. The van der Waals surface area contributed by atoms with Crippen molar-refractivity contribution in [1.82, 2.24) is 9.47 Å². The SMILES string of the molecule is CN1C2=C(N=C(n3c4ccccc4c4cc5ccccc5cc43)C1c1ccc3c(c1)C(c1ccccc1)(c1ccccc1)c1ccccc1-3)C(C)(C)c1ccccc12. The van der Waals surface area contributed by atoms with Crippen LogP contribution in [0.1, 0.15) is 58.8 Å². The maximum atomic E-state index is 5.95. The van der Waals surface area contributed by atoms with Crippen molar-refractivity contribution in [3.8, 4) is 11.1 Å². The molecule has 0 radical (unpaired) electrons. The number of para-hydroxylation sites is 1. The van der Waals surface area contributed by atoms with Gasteiger partial charge in [-0.2, -0.15) is 0 Å². The summed E-state index contributed by atoms with van der Waals surface area (Å²) in [6.07, 6.45) is 0. The van der Waals surface area contributed by atoms with E-state index in [1.807, 2.05) is 0 Å². The third-order valence-electron chi connectivity index (χ3n) is 13.5. The molecule has 3 nitrogen and oxygen atoms in total. The monoisotopic (exact) mass is 743 g/mol. The Morgan fingerprint density at radius 3 is 1.81 bits per heavy atom. The predicted molar refractivity (Wildman–Crippen MR) is 240 cm³/mol. The van der Waals surface area contributed by atoms with Crippen LogP contribution in [0.15, 0.2) is 199 Å². The molecule has 3 heteroatoms. The molecule has 276 valence electrons. The molecule has 1 unspecified atom stereocenters. The zero-order chi connectivity index (χ0) is 38.8. The van der Waals surface area contributed by atoms with Crippen LogP contribution in [0.25, 0.3) is 49.4 Å². The second kappa shape index (κ2) is 12.0. The van der Waals surface area contributed by atoms with Crippen LogP contribution in [0, 0.1) is 0 Å². The van der Waals surface area contributed by atoms with Gasteiger partial charge in [0.1, 0.15) is 11.9 Å². The summed E-state index contributed by atoms with van der Waals surface area (Å²) in [5.74, 6) is 1.02. The summed E-state index contributed by atoms with van der Waals surface area (Å²) in [5, 5.41) is 4.94. The average molecular weight is 744 g/mol. The number of aromatic nitrogens is 1. The Kier molecular flexibility index (Phi) is 6.88. The normalized spacial score (nSPS) is 17.3. The van der Waals surface area contributed by atoms with E-state index in [1.54, 1.807) is 0 Å². The van der Waals surface area contributed by atoms with Crippen LogP contribution in [0.4, 0.5) is 0 Å². The molecule has 1 aromatic heterocycles. The minimum absolute atomic E-state index is 0.204. The van der Waals surface area contributed by atoms with Crippen LogP contribution in [-0.2, 0) is 10.8 Å². The van der Waals surface area contributed by atoms with Gasteiger partial charge in [-0.15, -0.1) is 0 Å². The first-order valence-corrected chi connectivity index (χ1v) is 20.4. The summed E-state index contributed by atoms with van der Waals surface area (Å²) in [6.45, 7) is 4.67. The van der Waals surface area contributed by atoms with Crippen LogP contribution in [0.3, 0.4) is 0 Å². The van der Waals surface area contributed by atoms with Crippen molar-refractivity contribution < 1.29 is 0 Å². The van der Waals surface area contributed by atoms with Crippen LogP contribution in [0.5, 0.6) is 0 Å². The molecular weight excluding hydrogens is 703 g/mol. The second-order valence-corrected chi connectivity index (χ2v) is 16.8. The standard InChI is InChI=1S/C55H41N3/c1-54(2)45-27-15-13-26-43(45)51-52(54)56-53(58-48-29-17-14-25-42(48)44-32-35-18-10-11-19-36(35)34-49(44)58)50(57(51)3)37-30-31-41-40-24-12-16-28-46(40)55(47(41)33-37,38-20-6-4-7-21-38)39-22-8-5-9-23-39/h4-34,50H,1-3H3. The quantitative estimate of drug-likeness (QED) is 0.176. The van der Waals surface area contributed by atoms with Gasteiger partial charge in [0.15, 0.2) is 0 Å². The molecule has 0 fully saturated rings. The van der Waals surface area contributed by atoms with E-state index in [1.165, 1.54) is 88.3 Å². The first-order chi connectivity index (χ1) is 28.5. The summed E-state index contributed by atoms with van der Waals surface area (Å²) in [5.41, 5.74) is 15.4. The maximum Gasteiger partial charge on any atom is 0.141 e. The van der Waals surface area contributed by atoms with Gasteiger partial charge in [-0.25, -0.2) is 4.99 Å². The zero-order valence-corrected chi connectivity index (χ0v) is 32.8. The molecule has 9 aromatic rings. The molecule has 1 atom stereocenters. The first kappa shape index (κ1) is 33.2. The molecule has 0 saturated carbocycles. The number of benzene rings is 8. The van der Waals surface area contributed by atoms with Crippen LogP contribution >= 0.6 is 0 Å². The zero-order valence-electron chi connectivity index (χ0n) is 32.8. The third-order valence-corrected chi connectivity index (χ3v) is 13.5. The largest absolute Gasteiger partial charge is 0.358 e. The van der Waals surface area contributed by atoms with Gasteiger partial charge >= 0.3 is 0 Å². The molecule has 0 saturated heterocycles.